The van der Waals surface area contributed by atoms with E-state index < -0.39 is 10.0 Å². The number of hydrogen-bond donors (Lipinski definition) is 2. The van der Waals surface area contributed by atoms with Gasteiger partial charge in [0.05, 0.1) is 4.90 Å². The first kappa shape index (κ1) is 23.1. The molecule has 1 saturated carbocycles. The van der Waals surface area contributed by atoms with Crippen molar-refractivity contribution in [3.05, 3.63) is 47.5 Å². The molecule has 1 amide bonds. The highest BCUT2D eigenvalue weighted by atomic mass is 32.2. The lowest BCUT2D eigenvalue weighted by Gasteiger charge is -2.46. The molecule has 2 heterocycles. The molecule has 3 aliphatic rings. The van der Waals surface area contributed by atoms with E-state index in [0.717, 1.165) is 30.9 Å². The lowest BCUT2D eigenvalue weighted by Crippen LogP contribution is -2.47. The first-order valence-corrected chi connectivity index (χ1v) is 13.4. The highest BCUT2D eigenvalue weighted by molar-refractivity contribution is 7.89. The van der Waals surface area contributed by atoms with E-state index in [2.05, 4.69) is 29.3 Å². The standard InChI is InChI=1S/C25H31N3O5S/c1-17-20-14-22-23(33-12-11-32-22)15-21(20)25(8-2-3-9-25)16-28(17)10-7-24(29)27-18-5-4-6-19(13-18)34(26,30)31/h4-6,13-15,17H,2-3,7-12,16H2,1H3,(H,27,29)(H2,26,30,31). The minimum absolute atomic E-state index is 0.0238. The Morgan fingerprint density at radius 3 is 2.56 bits per heavy atom. The fourth-order valence-electron chi connectivity index (χ4n) is 5.69. The van der Waals surface area contributed by atoms with Crippen LogP contribution in [0.4, 0.5) is 5.69 Å². The van der Waals surface area contributed by atoms with Crippen LogP contribution in [-0.4, -0.2) is 45.5 Å². The van der Waals surface area contributed by atoms with Gasteiger partial charge in [-0.2, -0.15) is 0 Å². The van der Waals surface area contributed by atoms with Gasteiger partial charge < -0.3 is 14.8 Å². The number of fused-ring (bicyclic) bond motifs is 3. The number of ether oxygens (including phenoxy) is 2. The second-order valence-corrected chi connectivity index (χ2v) is 11.1. The summed E-state index contributed by atoms with van der Waals surface area (Å²) < 4.78 is 34.9. The SMILES string of the molecule is CC1c2cc3c(cc2C2(CCCC2)CN1CCC(=O)Nc1cccc(S(N)(=O)=O)c1)OCCO3. The van der Waals surface area contributed by atoms with Crippen LogP contribution in [-0.2, 0) is 20.2 Å². The average molecular weight is 486 g/mol. The maximum Gasteiger partial charge on any atom is 0.238 e. The quantitative estimate of drug-likeness (QED) is 0.672. The summed E-state index contributed by atoms with van der Waals surface area (Å²) in [6.45, 7) is 4.84. The summed E-state index contributed by atoms with van der Waals surface area (Å²) in [7, 11) is -3.82. The lowest BCUT2D eigenvalue weighted by molar-refractivity contribution is -0.116. The van der Waals surface area contributed by atoms with Crippen LogP contribution >= 0.6 is 0 Å². The molecular weight excluding hydrogens is 454 g/mol. The third kappa shape index (κ3) is 4.39. The van der Waals surface area contributed by atoms with Crippen molar-refractivity contribution in [3.63, 3.8) is 0 Å². The number of hydrogen-bond acceptors (Lipinski definition) is 6. The van der Waals surface area contributed by atoms with Crippen molar-refractivity contribution in [3.8, 4) is 11.5 Å². The molecule has 1 aliphatic carbocycles. The van der Waals surface area contributed by atoms with Crippen LogP contribution in [0.25, 0.3) is 0 Å². The molecule has 5 rings (SSSR count). The number of rotatable bonds is 5. The van der Waals surface area contributed by atoms with E-state index in [-0.39, 0.29) is 22.3 Å². The third-order valence-electron chi connectivity index (χ3n) is 7.42. The molecule has 2 aromatic rings. The number of anilines is 1. The second-order valence-electron chi connectivity index (χ2n) is 9.59. The van der Waals surface area contributed by atoms with Crippen LogP contribution in [0.3, 0.4) is 0 Å². The number of sulfonamides is 1. The van der Waals surface area contributed by atoms with Gasteiger partial charge in [-0.05, 0) is 61.2 Å². The summed E-state index contributed by atoms with van der Waals surface area (Å²) in [5, 5.41) is 8.01. The van der Waals surface area contributed by atoms with Gasteiger partial charge in [-0.15, -0.1) is 0 Å². The summed E-state index contributed by atoms with van der Waals surface area (Å²) in [5.74, 6) is 1.49. The predicted octanol–water partition coefficient (Wildman–Crippen LogP) is 3.32. The van der Waals surface area contributed by atoms with Gasteiger partial charge >= 0.3 is 0 Å². The summed E-state index contributed by atoms with van der Waals surface area (Å²) in [5.41, 5.74) is 3.14. The number of carbonyl (C=O) groups is 1. The predicted molar refractivity (Wildman–Crippen MR) is 129 cm³/mol. The number of nitrogens with two attached hydrogens (primary N) is 1. The Hall–Kier alpha value is -2.62. The molecule has 3 N–H and O–H groups in total. The number of primary sulfonamides is 1. The Morgan fingerprint density at radius 2 is 1.85 bits per heavy atom. The maximum atomic E-state index is 12.7. The molecule has 34 heavy (non-hydrogen) atoms. The minimum Gasteiger partial charge on any atom is -0.486 e. The molecule has 1 atom stereocenters. The highest BCUT2D eigenvalue weighted by Crippen LogP contribution is 2.51. The van der Waals surface area contributed by atoms with Gasteiger partial charge in [0.1, 0.15) is 13.2 Å². The Labute approximate surface area is 200 Å². The largest absolute Gasteiger partial charge is 0.486 e. The molecule has 1 fully saturated rings. The van der Waals surface area contributed by atoms with Gasteiger partial charge in [0, 0.05) is 36.7 Å². The van der Waals surface area contributed by atoms with E-state index in [1.165, 1.54) is 36.1 Å². The molecule has 9 heteroatoms. The number of benzene rings is 2. The van der Waals surface area contributed by atoms with E-state index in [0.29, 0.717) is 31.9 Å². The molecule has 1 spiro atoms. The van der Waals surface area contributed by atoms with Crippen molar-refractivity contribution in [1.82, 2.24) is 4.90 Å². The molecule has 0 radical (unpaired) electrons. The van der Waals surface area contributed by atoms with Crippen LogP contribution in [0, 0.1) is 0 Å². The Morgan fingerprint density at radius 1 is 1.15 bits per heavy atom. The van der Waals surface area contributed by atoms with E-state index in [4.69, 9.17) is 14.6 Å². The summed E-state index contributed by atoms with van der Waals surface area (Å²) in [4.78, 5) is 15.1. The Kier molecular flexibility index (Phi) is 6.03. The van der Waals surface area contributed by atoms with Gasteiger partial charge in [-0.1, -0.05) is 18.9 Å². The lowest BCUT2D eigenvalue weighted by atomic mass is 9.71. The van der Waals surface area contributed by atoms with Crippen LogP contribution < -0.4 is 19.9 Å². The average Bonchev–Trinajstić information content (AvgIpc) is 3.28. The number of amides is 1. The zero-order valence-electron chi connectivity index (χ0n) is 19.4. The smallest absolute Gasteiger partial charge is 0.238 e. The van der Waals surface area contributed by atoms with Crippen molar-refractivity contribution in [2.75, 3.05) is 31.6 Å². The summed E-state index contributed by atoms with van der Waals surface area (Å²) in [6, 6.07) is 10.5. The first-order chi connectivity index (χ1) is 16.2. The monoisotopic (exact) mass is 485 g/mol. The molecule has 1 unspecified atom stereocenters. The van der Waals surface area contributed by atoms with Gasteiger partial charge in [0.25, 0.3) is 0 Å². The van der Waals surface area contributed by atoms with Crippen molar-refractivity contribution >= 4 is 21.6 Å². The van der Waals surface area contributed by atoms with Crippen molar-refractivity contribution in [2.24, 2.45) is 5.14 Å². The summed E-state index contributed by atoms with van der Waals surface area (Å²) >= 11 is 0. The normalized spacial score (nSPS) is 21.3. The molecule has 2 aliphatic heterocycles. The first-order valence-electron chi connectivity index (χ1n) is 11.9. The van der Waals surface area contributed by atoms with Crippen LogP contribution in [0.15, 0.2) is 41.3 Å². The van der Waals surface area contributed by atoms with E-state index in [1.54, 1.807) is 12.1 Å². The molecule has 2 aromatic carbocycles. The number of carbonyl (C=O) groups excluding carboxylic acids is 1. The van der Waals surface area contributed by atoms with Gasteiger partial charge in [0.15, 0.2) is 11.5 Å². The molecule has 0 aromatic heterocycles. The van der Waals surface area contributed by atoms with Crippen molar-refractivity contribution in [1.29, 1.82) is 0 Å². The zero-order chi connectivity index (χ0) is 23.9. The summed E-state index contributed by atoms with van der Waals surface area (Å²) in [6.07, 6.45) is 4.98. The third-order valence-corrected chi connectivity index (χ3v) is 8.33. The fraction of sp³-hybridized carbons (Fsp3) is 0.480. The van der Waals surface area contributed by atoms with Crippen LogP contribution in [0.5, 0.6) is 11.5 Å². The van der Waals surface area contributed by atoms with E-state index in [1.807, 2.05) is 0 Å². The molecular formula is C25H31N3O5S. The fourth-order valence-corrected chi connectivity index (χ4v) is 6.25. The molecule has 0 saturated heterocycles. The van der Waals surface area contributed by atoms with E-state index >= 15 is 0 Å². The Bertz CT molecular complexity index is 1210. The van der Waals surface area contributed by atoms with E-state index in [9.17, 15) is 13.2 Å². The van der Waals surface area contributed by atoms with Gasteiger partial charge in [-0.3, -0.25) is 9.69 Å². The zero-order valence-corrected chi connectivity index (χ0v) is 20.2. The highest BCUT2D eigenvalue weighted by Gasteiger charge is 2.45. The second kappa shape index (κ2) is 8.87. The van der Waals surface area contributed by atoms with Crippen molar-refractivity contribution in [2.45, 2.75) is 55.4 Å². The van der Waals surface area contributed by atoms with Crippen LogP contribution in [0.2, 0.25) is 0 Å². The topological polar surface area (TPSA) is 111 Å². The van der Waals surface area contributed by atoms with Gasteiger partial charge in [-0.25, -0.2) is 13.6 Å². The molecule has 8 nitrogen and oxygen atoms in total. The molecule has 182 valence electrons. The van der Waals surface area contributed by atoms with Gasteiger partial charge in [0.2, 0.25) is 15.9 Å². The van der Waals surface area contributed by atoms with Crippen LogP contribution in [0.1, 0.15) is 56.2 Å². The maximum absolute atomic E-state index is 12.7. The van der Waals surface area contributed by atoms with Crippen molar-refractivity contribution < 1.29 is 22.7 Å². The molecule has 0 bridgehead atoms. The minimum atomic E-state index is -3.82. The number of nitrogens with zero attached hydrogens (tertiary/aromatic N) is 1. The Balaban J connectivity index is 1.33. The number of nitrogens with one attached hydrogen (secondary N) is 1.